The van der Waals surface area contributed by atoms with Crippen LogP contribution in [0.1, 0.15) is 27.0 Å². The van der Waals surface area contributed by atoms with Crippen LogP contribution in [0.4, 0.5) is 18.9 Å². The summed E-state index contributed by atoms with van der Waals surface area (Å²) < 4.78 is 37.5. The van der Waals surface area contributed by atoms with Gasteiger partial charge < -0.3 is 10.4 Å². The molecule has 2 aromatic rings. The Hall–Kier alpha value is -2.28. The van der Waals surface area contributed by atoms with Gasteiger partial charge in [-0.3, -0.25) is 0 Å². The maximum atomic E-state index is 12.5. The first-order valence-electron chi connectivity index (χ1n) is 7.02. The summed E-state index contributed by atoms with van der Waals surface area (Å²) in [4.78, 5) is 11.2. The molecule has 0 fully saturated rings. The minimum Gasteiger partial charge on any atom is -0.478 e. The molecular weight excluding hydrogens is 339 g/mol. The van der Waals surface area contributed by atoms with Crippen LogP contribution in [0.25, 0.3) is 0 Å². The van der Waals surface area contributed by atoms with Crippen LogP contribution in [0.3, 0.4) is 0 Å². The quantitative estimate of drug-likeness (QED) is 0.545. The molecule has 3 nitrogen and oxygen atoms in total. The Bertz CT molecular complexity index is 755. The van der Waals surface area contributed by atoms with Crippen molar-refractivity contribution in [2.75, 3.05) is 5.32 Å². The van der Waals surface area contributed by atoms with Crippen molar-refractivity contribution in [2.24, 2.45) is 0 Å². The van der Waals surface area contributed by atoms with E-state index in [-0.39, 0.29) is 5.56 Å². The Morgan fingerprint density at radius 1 is 1.21 bits per heavy atom. The second-order valence-electron chi connectivity index (χ2n) is 5.16. The number of rotatable bonds is 5. The molecule has 128 valence electrons. The van der Waals surface area contributed by atoms with Gasteiger partial charge in [-0.05, 0) is 42.3 Å². The molecule has 0 aromatic heterocycles. The van der Waals surface area contributed by atoms with Gasteiger partial charge in [-0.25, -0.2) is 4.79 Å². The van der Waals surface area contributed by atoms with E-state index in [4.69, 9.17) is 5.11 Å². The van der Waals surface area contributed by atoms with Gasteiger partial charge in [0.25, 0.3) is 0 Å². The molecule has 0 amide bonds. The summed E-state index contributed by atoms with van der Waals surface area (Å²) in [5.74, 6) is -0.496. The fourth-order valence-corrected chi connectivity index (χ4v) is 2.77. The Labute approximate surface area is 141 Å². The minimum atomic E-state index is -4.33. The van der Waals surface area contributed by atoms with Gasteiger partial charge in [0.2, 0.25) is 0 Å². The van der Waals surface area contributed by atoms with Gasteiger partial charge in [0.05, 0.1) is 16.8 Å². The minimum absolute atomic E-state index is 0.168. The van der Waals surface area contributed by atoms with Crippen molar-refractivity contribution in [3.63, 3.8) is 0 Å². The summed E-state index contributed by atoms with van der Waals surface area (Å²) >= 11 is 0.813. The first-order chi connectivity index (χ1) is 11.3. The number of aromatic carboxylic acids is 1. The number of benzene rings is 2. The van der Waals surface area contributed by atoms with Gasteiger partial charge in [0.1, 0.15) is 0 Å². The fraction of sp³-hybridized carbons (Fsp3) is 0.176. The molecule has 0 bridgehead atoms. The molecule has 0 aliphatic heterocycles. The third-order valence-corrected chi connectivity index (χ3v) is 4.13. The van der Waals surface area contributed by atoms with Crippen LogP contribution in [-0.2, 0) is 11.9 Å². The van der Waals surface area contributed by atoms with Crippen molar-refractivity contribution < 1.29 is 23.1 Å². The molecule has 0 unspecified atom stereocenters. The second-order valence-corrected chi connectivity index (χ2v) is 6.10. The monoisotopic (exact) mass is 355 g/mol. The second kappa shape index (κ2) is 7.53. The lowest BCUT2D eigenvalue weighted by atomic mass is 10.1. The normalized spacial score (nSPS) is 12.0. The number of halogens is 3. The van der Waals surface area contributed by atoms with Crippen LogP contribution >= 0.6 is 11.4 Å². The van der Waals surface area contributed by atoms with Crippen LogP contribution in [0.2, 0.25) is 0 Å². The lowest BCUT2D eigenvalue weighted by Gasteiger charge is -2.08. The summed E-state index contributed by atoms with van der Waals surface area (Å²) in [6, 6.07) is 9.98. The lowest BCUT2D eigenvalue weighted by Crippen LogP contribution is -2.05. The summed E-state index contributed by atoms with van der Waals surface area (Å²) in [5, 5.41) is 12.1. The SMILES string of the molecule is Cc1ccc(C(=O)O)c(NC=[SH]Cc2ccc(C(F)(F)F)cc2)c1. The molecule has 0 aliphatic rings. The van der Waals surface area contributed by atoms with Gasteiger partial charge in [-0.1, -0.05) is 18.2 Å². The van der Waals surface area contributed by atoms with E-state index in [1.807, 2.05) is 6.92 Å². The first kappa shape index (κ1) is 18.1. The zero-order valence-electron chi connectivity index (χ0n) is 12.8. The molecule has 0 saturated carbocycles. The third kappa shape index (κ3) is 4.86. The molecule has 2 aromatic carbocycles. The highest BCUT2D eigenvalue weighted by molar-refractivity contribution is 7.96. The van der Waals surface area contributed by atoms with Gasteiger partial charge in [-0.2, -0.15) is 24.5 Å². The predicted molar refractivity (Wildman–Crippen MR) is 92.0 cm³/mol. The highest BCUT2D eigenvalue weighted by Crippen LogP contribution is 2.29. The van der Waals surface area contributed by atoms with Crippen molar-refractivity contribution in [3.8, 4) is 0 Å². The number of nitrogens with one attached hydrogen (secondary N) is 1. The van der Waals surface area contributed by atoms with Crippen molar-refractivity contribution in [1.82, 2.24) is 0 Å². The number of thiol groups is 1. The predicted octanol–water partition coefficient (Wildman–Crippen LogP) is 4.55. The van der Waals surface area contributed by atoms with Crippen molar-refractivity contribution in [2.45, 2.75) is 18.9 Å². The standard InChI is InChI=1S/C17H16F3NO2S/c1-11-2-7-14(16(22)23)15(8-11)21-10-24-9-12-3-5-13(6-4-12)17(18,19)20/h2-8,10,21,24H,9H2,1H3,(H,22,23). The average molecular weight is 355 g/mol. The van der Waals surface area contributed by atoms with Crippen LogP contribution in [0, 0.1) is 6.92 Å². The topological polar surface area (TPSA) is 49.3 Å². The molecule has 24 heavy (non-hydrogen) atoms. The van der Waals surface area contributed by atoms with E-state index in [0.717, 1.165) is 34.6 Å². The Morgan fingerprint density at radius 3 is 2.46 bits per heavy atom. The smallest absolute Gasteiger partial charge is 0.416 e. The van der Waals surface area contributed by atoms with E-state index in [9.17, 15) is 18.0 Å². The highest BCUT2D eigenvalue weighted by atomic mass is 32.1. The summed E-state index contributed by atoms with van der Waals surface area (Å²) in [6.07, 6.45) is -4.33. The molecular formula is C17H16F3NO2S. The molecule has 7 heteroatoms. The Kier molecular flexibility index (Phi) is 5.66. The van der Waals surface area contributed by atoms with Gasteiger partial charge in [0, 0.05) is 11.2 Å². The molecule has 0 saturated heterocycles. The zero-order valence-corrected chi connectivity index (χ0v) is 13.7. The van der Waals surface area contributed by atoms with Gasteiger partial charge in [-0.15, -0.1) is 0 Å². The van der Waals surface area contributed by atoms with E-state index in [0.29, 0.717) is 11.4 Å². The molecule has 0 heterocycles. The van der Waals surface area contributed by atoms with E-state index in [1.54, 1.807) is 17.6 Å². The Morgan fingerprint density at radius 2 is 1.88 bits per heavy atom. The number of aryl methyl sites for hydroxylation is 1. The van der Waals surface area contributed by atoms with Crippen molar-refractivity contribution in [3.05, 3.63) is 64.7 Å². The molecule has 0 spiro atoms. The lowest BCUT2D eigenvalue weighted by molar-refractivity contribution is -0.137. The van der Waals surface area contributed by atoms with Crippen LogP contribution in [0.5, 0.6) is 0 Å². The van der Waals surface area contributed by atoms with Crippen molar-refractivity contribution >= 4 is 28.5 Å². The van der Waals surface area contributed by atoms with Crippen LogP contribution in [-0.4, -0.2) is 16.6 Å². The number of carboxylic acids is 1. The maximum Gasteiger partial charge on any atom is 0.416 e. The molecule has 0 aliphatic carbocycles. The average Bonchev–Trinajstić information content (AvgIpc) is 2.51. The van der Waals surface area contributed by atoms with E-state index < -0.39 is 17.7 Å². The summed E-state index contributed by atoms with van der Waals surface area (Å²) in [7, 11) is 0. The van der Waals surface area contributed by atoms with Gasteiger partial charge >= 0.3 is 12.1 Å². The van der Waals surface area contributed by atoms with E-state index >= 15 is 0 Å². The van der Waals surface area contributed by atoms with Crippen molar-refractivity contribution in [1.29, 1.82) is 0 Å². The van der Waals surface area contributed by atoms with E-state index in [1.165, 1.54) is 18.2 Å². The molecule has 0 atom stereocenters. The molecule has 2 rings (SSSR count). The number of carboxylic acid groups (broad SMARTS) is 1. The molecule has 2 N–H and O–H groups in total. The Balaban J connectivity index is 2.01. The van der Waals surface area contributed by atoms with Gasteiger partial charge in [0.15, 0.2) is 0 Å². The molecule has 0 radical (unpaired) electrons. The number of carbonyl (C=O) groups is 1. The highest BCUT2D eigenvalue weighted by Gasteiger charge is 2.29. The summed E-state index contributed by atoms with van der Waals surface area (Å²) in [6.45, 7) is 1.86. The number of anilines is 1. The largest absolute Gasteiger partial charge is 0.478 e. The first-order valence-corrected chi connectivity index (χ1v) is 8.17. The van der Waals surface area contributed by atoms with Crippen LogP contribution in [0.15, 0.2) is 42.5 Å². The maximum absolute atomic E-state index is 12.5. The number of hydrogen-bond acceptors (Lipinski definition) is 1. The fourth-order valence-electron chi connectivity index (χ4n) is 2.03. The zero-order chi connectivity index (χ0) is 17.7. The summed E-state index contributed by atoms with van der Waals surface area (Å²) in [5.41, 5.74) is 3.36. The number of hydrogen-bond donors (Lipinski definition) is 3. The third-order valence-electron chi connectivity index (χ3n) is 3.27. The van der Waals surface area contributed by atoms with Crippen LogP contribution < -0.4 is 5.32 Å². The number of alkyl halides is 3. The van der Waals surface area contributed by atoms with E-state index in [2.05, 4.69) is 5.32 Å².